The van der Waals surface area contributed by atoms with Gasteiger partial charge >= 0.3 is 0 Å². The number of hydrogen-bond acceptors (Lipinski definition) is 3. The maximum Gasteiger partial charge on any atom is 0.236 e. The first-order chi connectivity index (χ1) is 8.70. The molecule has 0 aromatic rings. The number of likely N-dealkylation sites (N-methyl/N-ethyl adjacent to an activating group) is 1. The average Bonchev–Trinajstić information content (AvgIpc) is 2.91. The summed E-state index contributed by atoms with van der Waals surface area (Å²) in [5.41, 5.74) is 5.95. The SMILES string of the molecule is CCN(CC(=O)N1CCCC1)C1CCC(N)CC1. The predicted molar refractivity (Wildman–Crippen MR) is 73.3 cm³/mol. The summed E-state index contributed by atoms with van der Waals surface area (Å²) in [6, 6.07) is 0.954. The van der Waals surface area contributed by atoms with Crippen molar-refractivity contribution in [3.63, 3.8) is 0 Å². The van der Waals surface area contributed by atoms with E-state index in [-0.39, 0.29) is 0 Å². The van der Waals surface area contributed by atoms with Crippen molar-refractivity contribution in [3.05, 3.63) is 0 Å². The van der Waals surface area contributed by atoms with Crippen LogP contribution in [0.2, 0.25) is 0 Å². The first-order valence-electron chi connectivity index (χ1n) is 7.48. The minimum absolute atomic E-state index is 0.323. The number of likely N-dealkylation sites (tertiary alicyclic amines) is 1. The van der Waals surface area contributed by atoms with Gasteiger partial charge in [0.2, 0.25) is 5.91 Å². The van der Waals surface area contributed by atoms with Crippen LogP contribution in [-0.4, -0.2) is 54.0 Å². The van der Waals surface area contributed by atoms with Crippen molar-refractivity contribution < 1.29 is 4.79 Å². The first-order valence-corrected chi connectivity index (χ1v) is 7.48. The molecule has 4 nitrogen and oxygen atoms in total. The number of nitrogens with two attached hydrogens (primary N) is 1. The Balaban J connectivity index is 1.82. The molecule has 0 aromatic carbocycles. The fraction of sp³-hybridized carbons (Fsp3) is 0.929. The Kier molecular flexibility index (Phi) is 5.01. The van der Waals surface area contributed by atoms with E-state index >= 15 is 0 Å². The molecule has 4 heteroatoms. The maximum atomic E-state index is 12.2. The van der Waals surface area contributed by atoms with Gasteiger partial charge in [-0.15, -0.1) is 0 Å². The van der Waals surface area contributed by atoms with E-state index in [1.807, 2.05) is 4.90 Å². The van der Waals surface area contributed by atoms with Crippen LogP contribution in [-0.2, 0) is 4.79 Å². The zero-order chi connectivity index (χ0) is 13.0. The number of carbonyl (C=O) groups excluding carboxylic acids is 1. The Labute approximate surface area is 110 Å². The van der Waals surface area contributed by atoms with Crippen molar-refractivity contribution in [2.75, 3.05) is 26.2 Å². The van der Waals surface area contributed by atoms with E-state index in [0.29, 0.717) is 24.5 Å². The lowest BCUT2D eigenvalue weighted by Crippen LogP contribution is -2.46. The monoisotopic (exact) mass is 253 g/mol. The van der Waals surface area contributed by atoms with Crippen molar-refractivity contribution in [2.45, 2.75) is 57.5 Å². The fourth-order valence-corrected chi connectivity index (χ4v) is 3.21. The lowest BCUT2D eigenvalue weighted by molar-refractivity contribution is -0.132. The zero-order valence-corrected chi connectivity index (χ0v) is 11.6. The third kappa shape index (κ3) is 3.45. The number of nitrogens with zero attached hydrogens (tertiary/aromatic N) is 2. The van der Waals surface area contributed by atoms with Crippen LogP contribution in [0.25, 0.3) is 0 Å². The quantitative estimate of drug-likeness (QED) is 0.819. The third-order valence-electron chi connectivity index (χ3n) is 4.46. The molecule has 0 unspecified atom stereocenters. The van der Waals surface area contributed by atoms with Crippen molar-refractivity contribution in [3.8, 4) is 0 Å². The molecule has 0 radical (unpaired) electrons. The third-order valence-corrected chi connectivity index (χ3v) is 4.46. The topological polar surface area (TPSA) is 49.6 Å². The van der Waals surface area contributed by atoms with E-state index in [2.05, 4.69) is 11.8 Å². The van der Waals surface area contributed by atoms with Crippen LogP contribution in [0.3, 0.4) is 0 Å². The molecule has 104 valence electrons. The van der Waals surface area contributed by atoms with Crippen LogP contribution >= 0.6 is 0 Å². The summed E-state index contributed by atoms with van der Waals surface area (Å²) in [7, 11) is 0. The zero-order valence-electron chi connectivity index (χ0n) is 11.6. The summed E-state index contributed by atoms with van der Waals surface area (Å²) in [5.74, 6) is 0.323. The van der Waals surface area contributed by atoms with Crippen LogP contribution < -0.4 is 5.73 Å². The molecule has 1 aliphatic carbocycles. The molecule has 0 aromatic heterocycles. The van der Waals surface area contributed by atoms with Gasteiger partial charge in [-0.3, -0.25) is 9.69 Å². The van der Waals surface area contributed by atoms with Gasteiger partial charge in [0, 0.05) is 25.2 Å². The standard InChI is InChI=1S/C14H27N3O/c1-2-16(13-7-5-12(15)6-8-13)11-14(18)17-9-3-4-10-17/h12-13H,2-11,15H2,1H3. The Morgan fingerprint density at radius 1 is 1.22 bits per heavy atom. The number of rotatable bonds is 4. The second kappa shape index (κ2) is 6.53. The highest BCUT2D eigenvalue weighted by molar-refractivity contribution is 5.78. The molecule has 2 aliphatic rings. The highest BCUT2D eigenvalue weighted by Crippen LogP contribution is 2.22. The number of carbonyl (C=O) groups is 1. The molecule has 1 saturated heterocycles. The molecular formula is C14H27N3O. The van der Waals surface area contributed by atoms with Gasteiger partial charge in [0.15, 0.2) is 0 Å². The van der Waals surface area contributed by atoms with E-state index in [9.17, 15) is 4.79 Å². The smallest absolute Gasteiger partial charge is 0.236 e. The maximum absolute atomic E-state index is 12.2. The molecule has 2 N–H and O–H groups in total. The van der Waals surface area contributed by atoms with E-state index in [1.54, 1.807) is 0 Å². The van der Waals surface area contributed by atoms with Gasteiger partial charge in [0.25, 0.3) is 0 Å². The fourth-order valence-electron chi connectivity index (χ4n) is 3.21. The van der Waals surface area contributed by atoms with Crippen LogP contribution in [0.15, 0.2) is 0 Å². The molecular weight excluding hydrogens is 226 g/mol. The van der Waals surface area contributed by atoms with Gasteiger partial charge in [-0.1, -0.05) is 6.92 Å². The largest absolute Gasteiger partial charge is 0.342 e. The summed E-state index contributed by atoms with van der Waals surface area (Å²) in [6.45, 7) is 5.67. The van der Waals surface area contributed by atoms with E-state index in [1.165, 1.54) is 12.8 Å². The van der Waals surface area contributed by atoms with Crippen molar-refractivity contribution in [2.24, 2.45) is 5.73 Å². The molecule has 0 atom stereocenters. The molecule has 1 amide bonds. The van der Waals surface area contributed by atoms with Gasteiger partial charge in [-0.25, -0.2) is 0 Å². The molecule has 1 heterocycles. The lowest BCUT2D eigenvalue weighted by Gasteiger charge is -2.35. The summed E-state index contributed by atoms with van der Waals surface area (Å²) < 4.78 is 0. The molecule has 1 saturated carbocycles. The van der Waals surface area contributed by atoms with E-state index < -0.39 is 0 Å². The van der Waals surface area contributed by atoms with Gasteiger partial charge in [-0.05, 0) is 45.1 Å². The Bertz CT molecular complexity index is 268. The van der Waals surface area contributed by atoms with Crippen molar-refractivity contribution in [1.29, 1.82) is 0 Å². The van der Waals surface area contributed by atoms with E-state index in [0.717, 1.165) is 45.3 Å². The number of hydrogen-bond donors (Lipinski definition) is 1. The normalized spacial score (nSPS) is 28.9. The molecule has 18 heavy (non-hydrogen) atoms. The molecule has 0 spiro atoms. The molecule has 2 fully saturated rings. The molecule has 2 rings (SSSR count). The van der Waals surface area contributed by atoms with Crippen LogP contribution in [0.5, 0.6) is 0 Å². The van der Waals surface area contributed by atoms with E-state index in [4.69, 9.17) is 5.73 Å². The predicted octanol–water partition coefficient (Wildman–Crippen LogP) is 1.20. The van der Waals surface area contributed by atoms with Gasteiger partial charge in [-0.2, -0.15) is 0 Å². The molecule has 1 aliphatic heterocycles. The minimum Gasteiger partial charge on any atom is -0.342 e. The lowest BCUT2D eigenvalue weighted by atomic mass is 9.90. The summed E-state index contributed by atoms with van der Waals surface area (Å²) >= 11 is 0. The Morgan fingerprint density at radius 2 is 1.83 bits per heavy atom. The minimum atomic E-state index is 0.323. The second-order valence-electron chi connectivity index (χ2n) is 5.72. The van der Waals surface area contributed by atoms with Crippen molar-refractivity contribution in [1.82, 2.24) is 9.80 Å². The first kappa shape index (κ1) is 13.8. The average molecular weight is 253 g/mol. The van der Waals surface area contributed by atoms with Gasteiger partial charge in [0.1, 0.15) is 0 Å². The summed E-state index contributed by atoms with van der Waals surface area (Å²) in [5, 5.41) is 0. The summed E-state index contributed by atoms with van der Waals surface area (Å²) in [6.07, 6.45) is 6.88. The van der Waals surface area contributed by atoms with Crippen LogP contribution in [0.4, 0.5) is 0 Å². The molecule has 0 bridgehead atoms. The van der Waals surface area contributed by atoms with Crippen LogP contribution in [0, 0.1) is 0 Å². The van der Waals surface area contributed by atoms with Crippen molar-refractivity contribution >= 4 is 5.91 Å². The highest BCUT2D eigenvalue weighted by Gasteiger charge is 2.26. The highest BCUT2D eigenvalue weighted by atomic mass is 16.2. The van der Waals surface area contributed by atoms with Gasteiger partial charge in [0.05, 0.1) is 6.54 Å². The Morgan fingerprint density at radius 3 is 2.39 bits per heavy atom. The Hall–Kier alpha value is -0.610. The van der Waals surface area contributed by atoms with Gasteiger partial charge < -0.3 is 10.6 Å². The number of amides is 1. The van der Waals surface area contributed by atoms with Crippen LogP contribution in [0.1, 0.15) is 45.4 Å². The summed E-state index contributed by atoms with van der Waals surface area (Å²) in [4.78, 5) is 16.6. The second-order valence-corrected chi connectivity index (χ2v) is 5.72.